The van der Waals surface area contributed by atoms with Crippen molar-refractivity contribution in [3.8, 4) is 11.8 Å². The summed E-state index contributed by atoms with van der Waals surface area (Å²) in [7, 11) is 1.49. The first kappa shape index (κ1) is 16.2. The first-order chi connectivity index (χ1) is 11.1. The average molecular weight is 309 g/mol. The van der Waals surface area contributed by atoms with E-state index in [1.54, 1.807) is 36.4 Å². The van der Waals surface area contributed by atoms with E-state index in [0.29, 0.717) is 5.75 Å². The normalized spacial score (nSPS) is 11.2. The Balaban J connectivity index is 2.22. The molecular weight excluding hydrogens is 294 g/mol. The highest BCUT2D eigenvalue weighted by molar-refractivity contribution is 6.15. The number of nitriles is 1. The predicted molar refractivity (Wildman–Crippen MR) is 84.0 cm³/mol. The topological polar surface area (TPSA) is 92.1 Å². The minimum Gasteiger partial charge on any atom is -0.496 e. The molecule has 0 aliphatic carbocycles. The molecule has 1 atom stereocenters. The van der Waals surface area contributed by atoms with E-state index in [1.165, 1.54) is 19.4 Å². The van der Waals surface area contributed by atoms with Crippen LogP contribution in [0, 0.1) is 24.2 Å². The van der Waals surface area contributed by atoms with Gasteiger partial charge in [-0.05, 0) is 30.7 Å². The van der Waals surface area contributed by atoms with Gasteiger partial charge >= 0.3 is 0 Å². The zero-order valence-electron chi connectivity index (χ0n) is 12.7. The molecule has 2 rings (SSSR count). The average Bonchev–Trinajstić information content (AvgIpc) is 2.56. The number of methoxy groups -OCH3 is 1. The number of ether oxygens (including phenoxy) is 1. The van der Waals surface area contributed by atoms with Crippen LogP contribution in [0.4, 0.5) is 5.82 Å². The summed E-state index contributed by atoms with van der Waals surface area (Å²) >= 11 is 0. The number of hydrogen-bond acceptors (Lipinski definition) is 5. The van der Waals surface area contributed by atoms with E-state index in [9.17, 15) is 14.9 Å². The minimum absolute atomic E-state index is 0.246. The molecule has 1 N–H and O–H groups in total. The Bertz CT molecular complexity index is 766. The molecule has 0 saturated carbocycles. The molecule has 0 bridgehead atoms. The van der Waals surface area contributed by atoms with Crippen molar-refractivity contribution < 1.29 is 14.3 Å². The number of benzene rings is 1. The maximum Gasteiger partial charge on any atom is 0.250 e. The quantitative estimate of drug-likeness (QED) is 0.676. The number of rotatable bonds is 5. The third-order valence-corrected chi connectivity index (χ3v) is 3.26. The summed E-state index contributed by atoms with van der Waals surface area (Å²) in [5.74, 6) is -1.94. The number of aromatic nitrogens is 1. The minimum atomic E-state index is -1.45. The maximum absolute atomic E-state index is 12.4. The molecule has 0 fully saturated rings. The fourth-order valence-electron chi connectivity index (χ4n) is 2.01. The molecular formula is C17H15N3O3. The summed E-state index contributed by atoms with van der Waals surface area (Å²) in [6, 6.07) is 11.5. The number of carbonyl (C=O) groups excluding carboxylic acids is 2. The second-order valence-electron chi connectivity index (χ2n) is 4.81. The summed E-state index contributed by atoms with van der Waals surface area (Å²) in [5.41, 5.74) is 1.10. The summed E-state index contributed by atoms with van der Waals surface area (Å²) in [5, 5.41) is 11.7. The Labute approximate surface area is 133 Å². The van der Waals surface area contributed by atoms with E-state index in [-0.39, 0.29) is 11.4 Å². The second-order valence-corrected chi connectivity index (χ2v) is 4.81. The van der Waals surface area contributed by atoms with Crippen molar-refractivity contribution in [3.05, 3.63) is 53.7 Å². The molecule has 1 aromatic carbocycles. The Morgan fingerprint density at radius 2 is 2.09 bits per heavy atom. The van der Waals surface area contributed by atoms with Crippen LogP contribution in [-0.4, -0.2) is 23.8 Å². The number of ketones is 1. The van der Waals surface area contributed by atoms with Crippen LogP contribution in [0.25, 0.3) is 0 Å². The molecule has 0 spiro atoms. The summed E-state index contributed by atoms with van der Waals surface area (Å²) in [6.07, 6.45) is 1.50. The van der Waals surface area contributed by atoms with Crippen LogP contribution in [0.5, 0.6) is 5.75 Å². The smallest absolute Gasteiger partial charge is 0.250 e. The lowest BCUT2D eigenvalue weighted by molar-refractivity contribution is -0.117. The molecule has 0 radical (unpaired) electrons. The molecule has 1 aromatic heterocycles. The van der Waals surface area contributed by atoms with Crippen molar-refractivity contribution in [3.63, 3.8) is 0 Å². The first-order valence-electron chi connectivity index (χ1n) is 6.87. The molecule has 23 heavy (non-hydrogen) atoms. The third-order valence-electron chi connectivity index (χ3n) is 3.26. The molecule has 1 heterocycles. The number of Topliss-reactive ketones (excluding diaryl/α,β-unsaturated/α-hetero) is 1. The predicted octanol–water partition coefficient (Wildman–Crippen LogP) is 2.36. The van der Waals surface area contributed by atoms with E-state index in [4.69, 9.17) is 4.74 Å². The highest BCUT2D eigenvalue weighted by Gasteiger charge is 2.28. The van der Waals surface area contributed by atoms with E-state index in [0.717, 1.165) is 5.56 Å². The van der Waals surface area contributed by atoms with Gasteiger partial charge in [-0.25, -0.2) is 4.98 Å². The fraction of sp³-hybridized carbons (Fsp3) is 0.176. The first-order valence-corrected chi connectivity index (χ1v) is 6.87. The number of aryl methyl sites for hydroxylation is 1. The summed E-state index contributed by atoms with van der Waals surface area (Å²) < 4.78 is 5.16. The highest BCUT2D eigenvalue weighted by atomic mass is 16.5. The van der Waals surface area contributed by atoms with E-state index >= 15 is 0 Å². The van der Waals surface area contributed by atoms with Gasteiger partial charge in [0.25, 0.3) is 5.91 Å². The molecule has 0 saturated heterocycles. The van der Waals surface area contributed by atoms with Gasteiger partial charge in [0.1, 0.15) is 11.6 Å². The monoisotopic (exact) mass is 309 g/mol. The lowest BCUT2D eigenvalue weighted by Crippen LogP contribution is -2.29. The van der Waals surface area contributed by atoms with Gasteiger partial charge in [0.15, 0.2) is 11.7 Å². The number of hydrogen-bond donors (Lipinski definition) is 1. The van der Waals surface area contributed by atoms with Crippen molar-refractivity contribution >= 4 is 17.5 Å². The lowest BCUT2D eigenvalue weighted by atomic mass is 9.97. The molecule has 6 heteroatoms. The van der Waals surface area contributed by atoms with Crippen LogP contribution in [0.3, 0.4) is 0 Å². The summed E-state index contributed by atoms with van der Waals surface area (Å²) in [4.78, 5) is 28.5. The SMILES string of the molecule is COc1cc(C(=O)C(C#N)C(=O)Nc2ccccn2)ccc1C. The van der Waals surface area contributed by atoms with Gasteiger partial charge in [0, 0.05) is 11.8 Å². The maximum atomic E-state index is 12.4. The van der Waals surface area contributed by atoms with Crippen molar-refractivity contribution in [2.45, 2.75) is 6.92 Å². The molecule has 1 amide bonds. The Hall–Kier alpha value is -3.20. The van der Waals surface area contributed by atoms with E-state index < -0.39 is 17.6 Å². The summed E-state index contributed by atoms with van der Waals surface area (Å²) in [6.45, 7) is 1.84. The lowest BCUT2D eigenvalue weighted by Gasteiger charge is -2.11. The molecule has 1 unspecified atom stereocenters. The molecule has 2 aromatic rings. The highest BCUT2D eigenvalue weighted by Crippen LogP contribution is 2.21. The largest absolute Gasteiger partial charge is 0.496 e. The van der Waals surface area contributed by atoms with Gasteiger partial charge in [-0.1, -0.05) is 18.2 Å². The number of amides is 1. The van der Waals surface area contributed by atoms with Gasteiger partial charge in [-0.3, -0.25) is 9.59 Å². The van der Waals surface area contributed by atoms with Gasteiger partial charge in [-0.2, -0.15) is 5.26 Å². The number of nitrogens with one attached hydrogen (secondary N) is 1. The van der Waals surface area contributed by atoms with Crippen LogP contribution < -0.4 is 10.1 Å². The Morgan fingerprint density at radius 1 is 1.30 bits per heavy atom. The van der Waals surface area contributed by atoms with E-state index in [2.05, 4.69) is 10.3 Å². The van der Waals surface area contributed by atoms with E-state index in [1.807, 2.05) is 6.92 Å². The number of nitrogens with zero attached hydrogens (tertiary/aromatic N) is 2. The van der Waals surface area contributed by atoms with Crippen LogP contribution in [-0.2, 0) is 4.79 Å². The Morgan fingerprint density at radius 3 is 2.70 bits per heavy atom. The number of pyridine rings is 1. The number of carbonyl (C=O) groups is 2. The van der Waals surface area contributed by atoms with Crippen molar-refractivity contribution in [2.75, 3.05) is 12.4 Å². The van der Waals surface area contributed by atoms with Gasteiger partial charge < -0.3 is 10.1 Å². The zero-order chi connectivity index (χ0) is 16.8. The fourth-order valence-corrected chi connectivity index (χ4v) is 2.01. The van der Waals surface area contributed by atoms with Gasteiger partial charge in [0.05, 0.1) is 13.2 Å². The van der Waals surface area contributed by atoms with Crippen LogP contribution >= 0.6 is 0 Å². The van der Waals surface area contributed by atoms with Crippen molar-refractivity contribution in [2.24, 2.45) is 5.92 Å². The standard InChI is InChI=1S/C17H15N3O3/c1-11-6-7-12(9-14(11)23-2)16(21)13(10-18)17(22)20-15-5-3-4-8-19-15/h3-9,13H,1-2H3,(H,19,20,22). The van der Waals surface area contributed by atoms with Gasteiger partial charge in [-0.15, -0.1) is 0 Å². The molecule has 0 aliphatic rings. The van der Waals surface area contributed by atoms with Crippen molar-refractivity contribution in [1.82, 2.24) is 4.98 Å². The third kappa shape index (κ3) is 3.71. The van der Waals surface area contributed by atoms with Crippen molar-refractivity contribution in [1.29, 1.82) is 5.26 Å². The number of anilines is 1. The van der Waals surface area contributed by atoms with Crippen LogP contribution in [0.1, 0.15) is 15.9 Å². The Kier molecular flexibility index (Phi) is 5.05. The van der Waals surface area contributed by atoms with Crippen LogP contribution in [0.15, 0.2) is 42.6 Å². The molecule has 0 aliphatic heterocycles. The molecule has 116 valence electrons. The van der Waals surface area contributed by atoms with Gasteiger partial charge in [0.2, 0.25) is 0 Å². The zero-order valence-corrected chi connectivity index (χ0v) is 12.7. The molecule has 6 nitrogen and oxygen atoms in total. The second kappa shape index (κ2) is 7.18. The van der Waals surface area contributed by atoms with Crippen LogP contribution in [0.2, 0.25) is 0 Å².